The zero-order valence-electron chi connectivity index (χ0n) is 12.1. The van der Waals surface area contributed by atoms with Crippen LogP contribution in [0.25, 0.3) is 0 Å². The summed E-state index contributed by atoms with van der Waals surface area (Å²) in [4.78, 5) is 3.32. The van der Waals surface area contributed by atoms with Crippen LogP contribution >= 0.6 is 0 Å². The summed E-state index contributed by atoms with van der Waals surface area (Å²) in [5, 5.41) is 13.0. The summed E-state index contributed by atoms with van der Waals surface area (Å²) >= 11 is 0. The van der Waals surface area contributed by atoms with Crippen molar-refractivity contribution in [2.24, 2.45) is 0 Å². The quantitative estimate of drug-likeness (QED) is 0.661. The number of aliphatic hydroxyl groups is 1. The highest BCUT2D eigenvalue weighted by molar-refractivity contribution is 6.61. The van der Waals surface area contributed by atoms with Crippen LogP contribution in [0.3, 0.4) is 0 Å². The fraction of sp³-hybridized carbons (Fsp3) is 0.692. The van der Waals surface area contributed by atoms with Crippen LogP contribution in [0.2, 0.25) is 0 Å². The number of nitrogens with one attached hydrogen (secondary N) is 2. The van der Waals surface area contributed by atoms with Crippen LogP contribution in [0.15, 0.2) is 6.07 Å². The lowest BCUT2D eigenvalue weighted by Gasteiger charge is -2.32. The first kappa shape index (κ1) is 13.2. The predicted octanol–water partition coefficient (Wildman–Crippen LogP) is 0.969. The smallest absolute Gasteiger partial charge is 0.398 e. The predicted molar refractivity (Wildman–Crippen MR) is 73.0 cm³/mol. The van der Waals surface area contributed by atoms with Gasteiger partial charge in [-0.3, -0.25) is 5.32 Å². The fourth-order valence-electron chi connectivity index (χ4n) is 2.60. The van der Waals surface area contributed by atoms with Gasteiger partial charge in [0.2, 0.25) is 0 Å². The van der Waals surface area contributed by atoms with E-state index in [2.05, 4.69) is 10.3 Å². The van der Waals surface area contributed by atoms with Gasteiger partial charge >= 0.3 is 7.12 Å². The Bertz CT molecular complexity index is 470. The van der Waals surface area contributed by atoms with Gasteiger partial charge in [-0.2, -0.15) is 0 Å². The molecule has 3 heterocycles. The molecule has 0 bridgehead atoms. The van der Waals surface area contributed by atoms with Crippen molar-refractivity contribution in [3.8, 4) is 0 Å². The minimum atomic E-state index is -0.613. The van der Waals surface area contributed by atoms with Crippen molar-refractivity contribution < 1.29 is 14.4 Å². The molecule has 1 saturated heterocycles. The van der Waals surface area contributed by atoms with Crippen LogP contribution in [-0.4, -0.2) is 28.4 Å². The largest absolute Gasteiger partial charge is 0.512 e. The third kappa shape index (κ3) is 1.86. The van der Waals surface area contributed by atoms with Crippen molar-refractivity contribution in [3.05, 3.63) is 17.3 Å². The Labute approximate surface area is 113 Å². The number of hydrogen-bond acceptors (Lipinski definition) is 4. The Morgan fingerprint density at radius 2 is 1.79 bits per heavy atom. The maximum atomic E-state index is 9.90. The van der Waals surface area contributed by atoms with Crippen molar-refractivity contribution in [1.29, 1.82) is 0 Å². The van der Waals surface area contributed by atoms with E-state index in [1.54, 1.807) is 0 Å². The zero-order chi connectivity index (χ0) is 14.0. The van der Waals surface area contributed by atoms with Crippen LogP contribution in [0.5, 0.6) is 0 Å². The number of hydrogen-bond donors (Lipinski definition) is 3. The molecule has 0 aliphatic carbocycles. The molecule has 104 valence electrons. The average Bonchev–Trinajstić information content (AvgIpc) is 2.85. The Kier molecular flexibility index (Phi) is 2.67. The van der Waals surface area contributed by atoms with E-state index in [-0.39, 0.29) is 17.2 Å². The van der Waals surface area contributed by atoms with Crippen LogP contribution in [0.4, 0.5) is 0 Å². The second-order valence-electron chi connectivity index (χ2n) is 6.47. The monoisotopic (exact) mass is 264 g/mol. The lowest BCUT2D eigenvalue weighted by atomic mass is 9.85. The van der Waals surface area contributed by atoms with Crippen molar-refractivity contribution in [2.45, 2.75) is 58.1 Å². The number of rotatable bonds is 1. The number of H-pyrrole nitrogens is 1. The molecule has 2 aliphatic heterocycles. The molecule has 5 nitrogen and oxygen atoms in total. The molecular formula is C13H21BN2O3. The van der Waals surface area contributed by atoms with E-state index in [0.29, 0.717) is 0 Å². The van der Waals surface area contributed by atoms with Crippen molar-refractivity contribution >= 4 is 12.7 Å². The molecule has 2 atom stereocenters. The third-order valence-corrected chi connectivity index (χ3v) is 4.54. The highest BCUT2D eigenvalue weighted by Crippen LogP contribution is 2.37. The first-order valence-corrected chi connectivity index (χ1v) is 6.74. The van der Waals surface area contributed by atoms with E-state index in [9.17, 15) is 5.11 Å². The van der Waals surface area contributed by atoms with Crippen LogP contribution in [0.1, 0.15) is 58.1 Å². The maximum absolute atomic E-state index is 9.90. The molecule has 0 aromatic carbocycles. The molecule has 1 fully saturated rings. The van der Waals surface area contributed by atoms with Gasteiger partial charge in [-0.1, -0.05) is 0 Å². The van der Waals surface area contributed by atoms with Crippen LogP contribution in [0, 0.1) is 0 Å². The van der Waals surface area contributed by atoms with Gasteiger partial charge in [0.1, 0.15) is 6.23 Å². The first-order chi connectivity index (χ1) is 8.71. The van der Waals surface area contributed by atoms with E-state index in [1.807, 2.05) is 40.7 Å². The van der Waals surface area contributed by atoms with Gasteiger partial charge in [-0.15, -0.1) is 0 Å². The fourth-order valence-corrected chi connectivity index (χ4v) is 2.60. The van der Waals surface area contributed by atoms with E-state index in [0.717, 1.165) is 16.9 Å². The van der Waals surface area contributed by atoms with Gasteiger partial charge in [0.25, 0.3) is 0 Å². The van der Waals surface area contributed by atoms with E-state index >= 15 is 0 Å². The number of aliphatic hydroxyl groups excluding tert-OH is 1. The molecule has 19 heavy (non-hydrogen) atoms. The maximum Gasteiger partial charge on any atom is 0.512 e. The molecule has 6 heteroatoms. The second-order valence-corrected chi connectivity index (χ2v) is 6.47. The first-order valence-electron chi connectivity index (χ1n) is 6.74. The summed E-state index contributed by atoms with van der Waals surface area (Å²) in [7, 11) is -0.407. The second kappa shape index (κ2) is 3.85. The van der Waals surface area contributed by atoms with E-state index in [4.69, 9.17) is 9.31 Å². The standard InChI is InChI=1S/C13H21BN2O3/c1-7-10-8(11(17)15-7)6-9(16-10)14-18-12(2,3)13(4,5)19-14/h6-7,11,15-17H,1-5H3. The van der Waals surface area contributed by atoms with Crippen molar-refractivity contribution in [1.82, 2.24) is 10.3 Å². The van der Waals surface area contributed by atoms with Gasteiger partial charge < -0.3 is 19.4 Å². The Hall–Kier alpha value is -0.815. The molecule has 0 radical (unpaired) electrons. The van der Waals surface area contributed by atoms with Gasteiger partial charge in [-0.05, 0) is 40.7 Å². The Morgan fingerprint density at radius 3 is 2.32 bits per heavy atom. The van der Waals surface area contributed by atoms with Gasteiger partial charge in [0.05, 0.1) is 11.2 Å². The molecule has 2 unspecified atom stereocenters. The summed E-state index contributed by atoms with van der Waals surface area (Å²) in [6, 6.07) is 2.04. The minimum Gasteiger partial charge on any atom is -0.398 e. The Balaban J connectivity index is 1.90. The molecule has 2 aliphatic rings. The lowest BCUT2D eigenvalue weighted by Crippen LogP contribution is -2.41. The van der Waals surface area contributed by atoms with E-state index in [1.165, 1.54) is 0 Å². The summed E-state index contributed by atoms with van der Waals surface area (Å²) in [6.07, 6.45) is -0.613. The van der Waals surface area contributed by atoms with Gasteiger partial charge in [0, 0.05) is 22.9 Å². The number of aromatic nitrogens is 1. The lowest BCUT2D eigenvalue weighted by molar-refractivity contribution is 0.00578. The highest BCUT2D eigenvalue weighted by Gasteiger charge is 2.52. The molecule has 3 N–H and O–H groups in total. The van der Waals surface area contributed by atoms with Crippen molar-refractivity contribution in [3.63, 3.8) is 0 Å². The SMILES string of the molecule is CC1NC(O)c2cc(B3OC(C)(C)C(C)(C)O3)[nH]c21. The summed E-state index contributed by atoms with van der Waals surface area (Å²) in [6.45, 7) is 10.1. The molecule has 0 spiro atoms. The molecule has 1 aromatic heterocycles. The third-order valence-electron chi connectivity index (χ3n) is 4.54. The average molecular weight is 264 g/mol. The number of aromatic amines is 1. The molecule has 0 saturated carbocycles. The van der Waals surface area contributed by atoms with Gasteiger partial charge in [0.15, 0.2) is 0 Å². The van der Waals surface area contributed by atoms with Gasteiger partial charge in [-0.25, -0.2) is 0 Å². The highest BCUT2D eigenvalue weighted by atomic mass is 16.7. The molecule has 3 rings (SSSR count). The summed E-state index contributed by atoms with van der Waals surface area (Å²) in [5.74, 6) is 0. The molecule has 0 amide bonds. The zero-order valence-corrected chi connectivity index (χ0v) is 12.1. The normalized spacial score (nSPS) is 31.8. The van der Waals surface area contributed by atoms with Crippen LogP contribution < -0.4 is 10.9 Å². The van der Waals surface area contributed by atoms with Crippen LogP contribution in [-0.2, 0) is 9.31 Å². The topological polar surface area (TPSA) is 66.5 Å². The summed E-state index contributed by atoms with van der Waals surface area (Å²) < 4.78 is 12.0. The minimum absolute atomic E-state index is 0.112. The number of fused-ring (bicyclic) bond motifs is 1. The summed E-state index contributed by atoms with van der Waals surface area (Å²) in [5.41, 5.74) is 2.07. The van der Waals surface area contributed by atoms with Crippen molar-refractivity contribution in [2.75, 3.05) is 0 Å². The Morgan fingerprint density at radius 1 is 1.21 bits per heavy atom. The van der Waals surface area contributed by atoms with E-state index < -0.39 is 13.3 Å². The molecular weight excluding hydrogens is 243 g/mol. The molecule has 1 aromatic rings.